The molecule has 3 N–H and O–H groups in total. The van der Waals surface area contributed by atoms with E-state index in [9.17, 15) is 0 Å². The Labute approximate surface area is 116 Å². The molecule has 0 saturated carbocycles. The monoisotopic (exact) mass is 271 g/mol. The van der Waals surface area contributed by atoms with Gasteiger partial charge in [-0.3, -0.25) is 0 Å². The Morgan fingerprint density at radius 2 is 2.05 bits per heavy atom. The van der Waals surface area contributed by atoms with Gasteiger partial charge in [-0.15, -0.1) is 0 Å². The third-order valence-electron chi connectivity index (χ3n) is 3.19. The topological polar surface area (TPSA) is 43.6 Å². The van der Waals surface area contributed by atoms with Crippen molar-refractivity contribution >= 4 is 33.1 Å². The third-order valence-corrected chi connectivity index (χ3v) is 4.40. The Bertz CT molecular complexity index is 701. The molecule has 0 saturated heterocycles. The maximum absolute atomic E-state index is 4.47. The molecule has 0 aliphatic rings. The highest BCUT2D eigenvalue weighted by Crippen LogP contribution is 2.25. The number of aromatic amines is 1. The van der Waals surface area contributed by atoms with E-state index >= 15 is 0 Å². The number of benzene rings is 1. The number of aromatic nitrogens is 2. The summed E-state index contributed by atoms with van der Waals surface area (Å²) in [6, 6.07) is 10.8. The van der Waals surface area contributed by atoms with Gasteiger partial charge in [-0.1, -0.05) is 36.0 Å². The van der Waals surface area contributed by atoms with Crippen LogP contribution in [-0.2, 0) is 6.42 Å². The number of H-pyrrole nitrogens is 1. The van der Waals surface area contributed by atoms with Crippen LogP contribution in [0.3, 0.4) is 0 Å². The first-order valence-corrected chi connectivity index (χ1v) is 7.28. The zero-order chi connectivity index (χ0) is 13.2. The Morgan fingerprint density at radius 1 is 1.26 bits per heavy atom. The van der Waals surface area contributed by atoms with Crippen molar-refractivity contribution in [2.45, 2.75) is 20.3 Å². The summed E-state index contributed by atoms with van der Waals surface area (Å²) in [6.07, 6.45) is 2.84. The van der Waals surface area contributed by atoms with Crippen LogP contribution in [0.25, 0.3) is 10.2 Å². The molecule has 3 nitrogen and oxygen atoms in total. The number of quaternary nitrogens is 1. The fourth-order valence-electron chi connectivity index (χ4n) is 2.08. The number of aryl methyl sites for hydroxylation is 2. The lowest BCUT2D eigenvalue weighted by molar-refractivity contribution is -0.483. The van der Waals surface area contributed by atoms with Crippen LogP contribution in [-0.4, -0.2) is 4.98 Å². The molecule has 0 atom stereocenters. The van der Waals surface area contributed by atoms with Crippen molar-refractivity contribution in [3.8, 4) is 0 Å². The zero-order valence-electron chi connectivity index (χ0n) is 11.1. The Balaban J connectivity index is 2.00. The van der Waals surface area contributed by atoms with Crippen LogP contribution in [0.15, 0.2) is 36.7 Å². The van der Waals surface area contributed by atoms with E-state index in [1.165, 1.54) is 26.3 Å². The minimum absolute atomic E-state index is 1.04. The first-order chi connectivity index (χ1) is 9.26. The zero-order valence-corrected chi connectivity index (χ0v) is 11.9. The third kappa shape index (κ3) is 2.50. The lowest BCUT2D eigenvalue weighted by atomic mass is 10.2. The molecule has 2 aromatic heterocycles. The van der Waals surface area contributed by atoms with Gasteiger partial charge >= 0.3 is 5.82 Å². The Morgan fingerprint density at radius 3 is 2.79 bits per heavy atom. The van der Waals surface area contributed by atoms with Gasteiger partial charge in [0.2, 0.25) is 0 Å². The van der Waals surface area contributed by atoms with Crippen molar-refractivity contribution in [2.75, 3.05) is 0 Å². The van der Waals surface area contributed by atoms with Crippen molar-refractivity contribution < 1.29 is 10.3 Å². The lowest BCUT2D eigenvalue weighted by Gasteiger charge is -1.96. The number of fused-ring (bicyclic) bond motifs is 1. The number of hydrogen-bond acceptors (Lipinski definition) is 2. The maximum atomic E-state index is 4.47. The molecule has 0 amide bonds. The molecule has 0 radical (unpaired) electrons. The predicted molar refractivity (Wildman–Crippen MR) is 78.0 cm³/mol. The summed E-state index contributed by atoms with van der Waals surface area (Å²) in [4.78, 5) is 10.3. The maximum Gasteiger partial charge on any atom is 0.349 e. The number of nitrogens with one attached hydrogen (secondary N) is 1. The number of thiophene rings is 1. The summed E-state index contributed by atoms with van der Waals surface area (Å²) < 4.78 is 0. The average molecular weight is 271 g/mol. The minimum Gasteiger partial charge on any atom is -0.243 e. The van der Waals surface area contributed by atoms with Crippen molar-refractivity contribution in [1.29, 1.82) is 0 Å². The molecular weight excluding hydrogens is 254 g/mol. The van der Waals surface area contributed by atoms with Gasteiger partial charge in [-0.25, -0.2) is 10.3 Å². The van der Waals surface area contributed by atoms with Crippen LogP contribution in [0, 0.1) is 6.92 Å². The molecule has 2 heterocycles. The molecule has 3 rings (SSSR count). The lowest BCUT2D eigenvalue weighted by Crippen LogP contribution is -2.71. The highest BCUT2D eigenvalue weighted by molar-refractivity contribution is 7.18. The van der Waals surface area contributed by atoms with Gasteiger partial charge < -0.3 is 0 Å². The molecule has 0 fully saturated rings. The Kier molecular flexibility index (Phi) is 3.27. The second-order valence-electron chi connectivity index (χ2n) is 4.65. The fraction of sp³-hybridized carbons (Fsp3) is 0.200. The van der Waals surface area contributed by atoms with Gasteiger partial charge in [0, 0.05) is 9.86 Å². The average Bonchev–Trinajstić information content (AvgIpc) is 2.85. The molecule has 0 aliphatic carbocycles. The van der Waals surface area contributed by atoms with Crippen molar-refractivity contribution in [1.82, 2.24) is 4.98 Å². The normalized spacial score (nSPS) is 11.1. The summed E-state index contributed by atoms with van der Waals surface area (Å²) >= 11 is 1.81. The largest absolute Gasteiger partial charge is 0.349 e. The van der Waals surface area contributed by atoms with Gasteiger partial charge in [0.1, 0.15) is 11.1 Å². The van der Waals surface area contributed by atoms with E-state index in [1.54, 1.807) is 6.33 Å². The van der Waals surface area contributed by atoms with Crippen LogP contribution in [0.4, 0.5) is 11.5 Å². The van der Waals surface area contributed by atoms with Crippen LogP contribution in [0.1, 0.15) is 17.4 Å². The smallest absolute Gasteiger partial charge is 0.243 e. The molecule has 0 bridgehead atoms. The standard InChI is InChI=1S/C15H15N3S/c1-3-12-8-13-14(16-9-17-15(13)19-12)18-11-6-4-10(2)5-7-11/h4-9H,3H2,1-2H3,(H,16,17,18)/p+2. The van der Waals surface area contributed by atoms with Crippen LogP contribution in [0.2, 0.25) is 0 Å². The summed E-state index contributed by atoms with van der Waals surface area (Å²) in [5.74, 6) is 1.04. The number of hydrogen-bond donors (Lipinski definition) is 1. The summed E-state index contributed by atoms with van der Waals surface area (Å²) in [5.41, 5.74) is 2.47. The van der Waals surface area contributed by atoms with Gasteiger partial charge in [0.15, 0.2) is 4.83 Å². The first-order valence-electron chi connectivity index (χ1n) is 6.47. The minimum atomic E-state index is 1.04. The number of nitrogens with zero attached hydrogens (tertiary/aromatic N) is 1. The summed E-state index contributed by atoms with van der Waals surface area (Å²) in [5, 5.41) is 3.35. The predicted octanol–water partition coefficient (Wildman–Crippen LogP) is 2.51. The van der Waals surface area contributed by atoms with Crippen LogP contribution < -0.4 is 10.3 Å². The number of rotatable bonds is 3. The van der Waals surface area contributed by atoms with E-state index in [-0.39, 0.29) is 0 Å². The second-order valence-corrected chi connectivity index (χ2v) is 5.79. The van der Waals surface area contributed by atoms with E-state index in [1.807, 2.05) is 11.3 Å². The quantitative estimate of drug-likeness (QED) is 0.731. The SMILES string of the molecule is CCc1cc2c([NH2+]c3ccc(C)cc3)nc[nH+]c2s1. The highest BCUT2D eigenvalue weighted by atomic mass is 32.1. The van der Waals surface area contributed by atoms with Gasteiger partial charge in [-0.05, 0) is 31.5 Å². The van der Waals surface area contributed by atoms with E-state index in [0.29, 0.717) is 0 Å². The molecule has 0 spiro atoms. The van der Waals surface area contributed by atoms with Crippen LogP contribution in [0.5, 0.6) is 0 Å². The molecular formula is C15H17N3S+2. The van der Waals surface area contributed by atoms with E-state index in [4.69, 9.17) is 0 Å². The fourth-order valence-corrected chi connectivity index (χ4v) is 3.05. The van der Waals surface area contributed by atoms with E-state index in [0.717, 1.165) is 12.2 Å². The molecule has 0 aliphatic heterocycles. The molecule has 4 heteroatoms. The van der Waals surface area contributed by atoms with Crippen molar-refractivity contribution in [3.63, 3.8) is 0 Å². The molecule has 1 aromatic carbocycles. The summed E-state index contributed by atoms with van der Waals surface area (Å²) in [7, 11) is 0. The summed E-state index contributed by atoms with van der Waals surface area (Å²) in [6.45, 7) is 4.28. The Hall–Kier alpha value is -1.78. The van der Waals surface area contributed by atoms with Crippen molar-refractivity contribution in [2.24, 2.45) is 0 Å². The highest BCUT2D eigenvalue weighted by Gasteiger charge is 2.17. The molecule has 96 valence electrons. The second kappa shape index (κ2) is 5.07. The molecule has 19 heavy (non-hydrogen) atoms. The van der Waals surface area contributed by atoms with Gasteiger partial charge in [-0.2, -0.15) is 0 Å². The van der Waals surface area contributed by atoms with Gasteiger partial charge in [0.05, 0.1) is 0 Å². The van der Waals surface area contributed by atoms with Crippen molar-refractivity contribution in [3.05, 3.63) is 47.1 Å². The molecule has 3 aromatic rings. The van der Waals surface area contributed by atoms with Crippen LogP contribution >= 0.6 is 11.3 Å². The first kappa shape index (κ1) is 12.3. The molecule has 0 unspecified atom stereocenters. The number of nitrogens with two attached hydrogens (primary N) is 1. The van der Waals surface area contributed by atoms with E-state index in [2.05, 4.69) is 59.5 Å². The van der Waals surface area contributed by atoms with Gasteiger partial charge in [0.25, 0.3) is 6.33 Å². The van der Waals surface area contributed by atoms with E-state index < -0.39 is 0 Å².